The van der Waals surface area contributed by atoms with Crippen molar-refractivity contribution in [2.24, 2.45) is 0 Å². The lowest BCUT2D eigenvalue weighted by Crippen LogP contribution is -2.30. The largest absolute Gasteiger partial charge is 0.490 e. The normalized spacial score (nSPS) is 15.1. The van der Waals surface area contributed by atoms with Gasteiger partial charge in [0.25, 0.3) is 5.91 Å². The Bertz CT molecular complexity index is 926. The summed E-state index contributed by atoms with van der Waals surface area (Å²) in [6.45, 7) is 4.71. The molecule has 0 atom stereocenters. The van der Waals surface area contributed by atoms with Crippen LogP contribution in [0.3, 0.4) is 0 Å². The van der Waals surface area contributed by atoms with E-state index in [1.54, 1.807) is 31.2 Å². The number of nitrogens with zero attached hydrogens (tertiary/aromatic N) is 1. The molecule has 7 heteroatoms. The summed E-state index contributed by atoms with van der Waals surface area (Å²) in [6.07, 6.45) is 1.62. The van der Waals surface area contributed by atoms with E-state index in [-0.39, 0.29) is 11.6 Å². The summed E-state index contributed by atoms with van der Waals surface area (Å²) in [5.41, 5.74) is 1.82. The van der Waals surface area contributed by atoms with Gasteiger partial charge in [-0.3, -0.25) is 9.69 Å². The van der Waals surface area contributed by atoms with Gasteiger partial charge in [0, 0.05) is 17.1 Å². The highest BCUT2D eigenvalue weighted by atomic mass is 35.5. The van der Waals surface area contributed by atoms with E-state index >= 15 is 0 Å². The maximum Gasteiger partial charge on any atom is 0.328 e. The van der Waals surface area contributed by atoms with Gasteiger partial charge >= 0.3 is 6.03 Å². The van der Waals surface area contributed by atoms with E-state index < -0.39 is 6.03 Å². The number of carbonyl (C=O) groups is 2. The Kier molecular flexibility index (Phi) is 6.21. The van der Waals surface area contributed by atoms with E-state index in [2.05, 4.69) is 5.32 Å². The Balaban J connectivity index is 1.81. The van der Waals surface area contributed by atoms with Crippen molar-refractivity contribution in [2.45, 2.75) is 20.5 Å². The summed E-state index contributed by atoms with van der Waals surface area (Å²) in [6, 6.07) is 12.4. The van der Waals surface area contributed by atoms with Gasteiger partial charge < -0.3 is 14.8 Å². The fraction of sp³-hybridized carbons (Fsp3) is 0.238. The zero-order valence-electron chi connectivity index (χ0n) is 15.7. The molecule has 1 N–H and O–H groups in total. The number of nitrogens with one attached hydrogen (secondary N) is 1. The minimum atomic E-state index is -0.413. The van der Waals surface area contributed by atoms with Crippen LogP contribution in [-0.4, -0.2) is 30.0 Å². The molecule has 1 aliphatic heterocycles. The average Bonchev–Trinajstić information content (AvgIpc) is 2.95. The van der Waals surface area contributed by atoms with Gasteiger partial charge in [0.15, 0.2) is 11.5 Å². The molecule has 0 saturated carbocycles. The van der Waals surface area contributed by atoms with Crippen molar-refractivity contribution < 1.29 is 19.1 Å². The van der Waals surface area contributed by atoms with E-state index in [1.807, 2.05) is 31.2 Å². The van der Waals surface area contributed by atoms with Crippen molar-refractivity contribution in [1.82, 2.24) is 10.2 Å². The third-order valence-corrected chi connectivity index (χ3v) is 4.57. The first-order valence-electron chi connectivity index (χ1n) is 9.01. The average molecular weight is 401 g/mol. The first kappa shape index (κ1) is 19.8. The minimum absolute atomic E-state index is 0.235. The molecule has 0 aliphatic carbocycles. The molecule has 2 aromatic carbocycles. The predicted molar refractivity (Wildman–Crippen MR) is 107 cm³/mol. The molecule has 1 aliphatic rings. The lowest BCUT2D eigenvalue weighted by atomic mass is 10.1. The van der Waals surface area contributed by atoms with Crippen LogP contribution in [0.4, 0.5) is 4.79 Å². The summed E-state index contributed by atoms with van der Waals surface area (Å²) in [5.74, 6) is 0.776. The van der Waals surface area contributed by atoms with E-state index in [9.17, 15) is 9.59 Å². The van der Waals surface area contributed by atoms with Gasteiger partial charge in [-0.2, -0.15) is 0 Å². The first-order chi connectivity index (χ1) is 13.5. The highest BCUT2D eigenvalue weighted by Crippen LogP contribution is 2.31. The topological polar surface area (TPSA) is 67.9 Å². The second-order valence-corrected chi connectivity index (χ2v) is 6.46. The van der Waals surface area contributed by atoms with Crippen molar-refractivity contribution in [3.05, 3.63) is 64.3 Å². The Morgan fingerprint density at radius 1 is 1.07 bits per heavy atom. The molecule has 0 unspecified atom stereocenters. The number of amides is 3. The molecule has 3 amide bonds. The second-order valence-electron chi connectivity index (χ2n) is 6.06. The smallest absolute Gasteiger partial charge is 0.328 e. The van der Waals surface area contributed by atoms with Crippen LogP contribution in [0.1, 0.15) is 25.0 Å². The standard InChI is InChI=1S/C21H21ClN2O4/c1-3-24-20(25)17(23-21(24)26)11-14-9-10-18(19(12-14)27-4-2)28-13-15-7-5-6-8-16(15)22/h5-12H,3-4,13H2,1-2H3,(H,23,26)/b17-11+. The highest BCUT2D eigenvalue weighted by Gasteiger charge is 2.32. The van der Waals surface area contributed by atoms with Gasteiger partial charge in [0.2, 0.25) is 0 Å². The Hall–Kier alpha value is -2.99. The molecular formula is C21H21ClN2O4. The fourth-order valence-corrected chi connectivity index (χ4v) is 2.99. The third-order valence-electron chi connectivity index (χ3n) is 4.20. The number of carbonyl (C=O) groups excluding carboxylic acids is 2. The lowest BCUT2D eigenvalue weighted by molar-refractivity contribution is -0.122. The molecule has 0 spiro atoms. The summed E-state index contributed by atoms with van der Waals surface area (Å²) in [4.78, 5) is 25.2. The van der Waals surface area contributed by atoms with E-state index in [0.717, 1.165) is 16.0 Å². The molecule has 2 aromatic rings. The van der Waals surface area contributed by atoms with Gasteiger partial charge in [-0.1, -0.05) is 35.9 Å². The molecule has 146 valence electrons. The maximum atomic E-state index is 12.2. The molecule has 3 rings (SSSR count). The van der Waals surface area contributed by atoms with Crippen molar-refractivity contribution in [3.8, 4) is 11.5 Å². The summed E-state index contributed by atoms with van der Waals surface area (Å²) < 4.78 is 11.6. The monoisotopic (exact) mass is 400 g/mol. The number of hydrogen-bond donors (Lipinski definition) is 1. The number of imide groups is 1. The second kappa shape index (κ2) is 8.80. The molecule has 1 fully saturated rings. The van der Waals surface area contributed by atoms with Crippen LogP contribution in [0.25, 0.3) is 6.08 Å². The Morgan fingerprint density at radius 2 is 1.86 bits per heavy atom. The van der Waals surface area contributed by atoms with Crippen LogP contribution in [-0.2, 0) is 11.4 Å². The van der Waals surface area contributed by atoms with Crippen LogP contribution in [0, 0.1) is 0 Å². The molecule has 0 radical (unpaired) electrons. The van der Waals surface area contributed by atoms with Crippen LogP contribution in [0.2, 0.25) is 5.02 Å². The summed E-state index contributed by atoms with van der Waals surface area (Å²) >= 11 is 6.17. The number of urea groups is 1. The molecule has 0 bridgehead atoms. The number of halogens is 1. The van der Waals surface area contributed by atoms with Gasteiger partial charge in [-0.25, -0.2) is 4.79 Å². The number of benzene rings is 2. The Labute approximate surface area is 168 Å². The van der Waals surface area contributed by atoms with E-state index in [1.165, 1.54) is 0 Å². The summed E-state index contributed by atoms with van der Waals surface area (Å²) in [7, 11) is 0. The minimum Gasteiger partial charge on any atom is -0.490 e. The first-order valence-corrected chi connectivity index (χ1v) is 9.38. The van der Waals surface area contributed by atoms with Crippen LogP contribution in [0.5, 0.6) is 11.5 Å². The highest BCUT2D eigenvalue weighted by molar-refractivity contribution is 6.31. The molecule has 28 heavy (non-hydrogen) atoms. The van der Waals surface area contributed by atoms with E-state index in [0.29, 0.717) is 36.3 Å². The number of rotatable bonds is 7. The van der Waals surface area contributed by atoms with Crippen molar-refractivity contribution in [3.63, 3.8) is 0 Å². The fourth-order valence-electron chi connectivity index (χ4n) is 2.80. The zero-order chi connectivity index (χ0) is 20.1. The predicted octanol–water partition coefficient (Wildman–Crippen LogP) is 4.23. The molecule has 0 aromatic heterocycles. The van der Waals surface area contributed by atoms with Crippen LogP contribution < -0.4 is 14.8 Å². The van der Waals surface area contributed by atoms with Gasteiger partial charge in [-0.05, 0) is 43.7 Å². The van der Waals surface area contributed by atoms with Gasteiger partial charge in [-0.15, -0.1) is 0 Å². The molecule has 6 nitrogen and oxygen atoms in total. The number of likely N-dealkylation sites (N-methyl/N-ethyl adjacent to an activating group) is 1. The number of hydrogen-bond acceptors (Lipinski definition) is 4. The third kappa shape index (κ3) is 4.28. The zero-order valence-corrected chi connectivity index (χ0v) is 16.5. The van der Waals surface area contributed by atoms with Crippen molar-refractivity contribution >= 4 is 29.6 Å². The summed E-state index contributed by atoms with van der Waals surface area (Å²) in [5, 5.41) is 3.22. The Morgan fingerprint density at radius 3 is 2.54 bits per heavy atom. The quantitative estimate of drug-likeness (QED) is 0.557. The SMILES string of the molecule is CCOc1cc(/C=C2/NC(=O)N(CC)C2=O)ccc1OCc1ccccc1Cl. The lowest BCUT2D eigenvalue weighted by Gasteiger charge is -2.13. The maximum absolute atomic E-state index is 12.2. The molecule has 1 saturated heterocycles. The van der Waals surface area contributed by atoms with Crippen molar-refractivity contribution in [2.75, 3.05) is 13.2 Å². The van der Waals surface area contributed by atoms with Crippen LogP contribution >= 0.6 is 11.6 Å². The van der Waals surface area contributed by atoms with Crippen molar-refractivity contribution in [1.29, 1.82) is 0 Å². The number of ether oxygens (including phenoxy) is 2. The van der Waals surface area contributed by atoms with E-state index in [4.69, 9.17) is 21.1 Å². The van der Waals surface area contributed by atoms with Crippen LogP contribution in [0.15, 0.2) is 48.2 Å². The van der Waals surface area contributed by atoms with Gasteiger partial charge in [0.1, 0.15) is 12.3 Å². The molecule has 1 heterocycles. The molecular weight excluding hydrogens is 380 g/mol. The van der Waals surface area contributed by atoms with Gasteiger partial charge in [0.05, 0.1) is 6.61 Å².